The lowest BCUT2D eigenvalue weighted by molar-refractivity contribution is -0.0856. The van der Waals surface area contributed by atoms with E-state index in [0.717, 1.165) is 6.42 Å². The minimum atomic E-state index is -1.73. The largest absolute Gasteiger partial charge is 0.413 e. The van der Waals surface area contributed by atoms with Gasteiger partial charge in [0, 0.05) is 11.8 Å². The highest BCUT2D eigenvalue weighted by Gasteiger charge is 2.52. The van der Waals surface area contributed by atoms with Gasteiger partial charge in [0.25, 0.3) is 0 Å². The van der Waals surface area contributed by atoms with Gasteiger partial charge in [-0.1, -0.05) is 27.7 Å². The minimum absolute atomic E-state index is 0.239. The molecular formula is C14H28O3Si. The second-order valence-corrected chi connectivity index (χ2v) is 12.4. The quantitative estimate of drug-likeness (QED) is 0.785. The van der Waals surface area contributed by atoms with E-state index in [-0.39, 0.29) is 17.1 Å². The number of hydrogen-bond acceptors (Lipinski definition) is 3. The summed E-state index contributed by atoms with van der Waals surface area (Å²) >= 11 is 0. The summed E-state index contributed by atoms with van der Waals surface area (Å²) in [5.41, 5.74) is 0. The molecule has 0 aromatic rings. The Balaban J connectivity index is 2.10. The van der Waals surface area contributed by atoms with Crippen LogP contribution >= 0.6 is 0 Å². The molecule has 1 saturated heterocycles. The summed E-state index contributed by atoms with van der Waals surface area (Å²) < 4.78 is 12.0. The predicted molar refractivity (Wildman–Crippen MR) is 74.8 cm³/mol. The molecule has 4 heteroatoms. The third-order valence-electron chi connectivity index (χ3n) is 5.24. The molecule has 106 valence electrons. The van der Waals surface area contributed by atoms with Gasteiger partial charge in [0.2, 0.25) is 0 Å². The highest BCUT2D eigenvalue weighted by molar-refractivity contribution is 6.74. The molecule has 0 radical (unpaired) electrons. The van der Waals surface area contributed by atoms with Gasteiger partial charge in [-0.3, -0.25) is 0 Å². The van der Waals surface area contributed by atoms with Crippen molar-refractivity contribution in [2.45, 2.75) is 64.6 Å². The summed E-state index contributed by atoms with van der Waals surface area (Å²) in [5, 5.41) is 10.1. The Kier molecular flexibility index (Phi) is 3.69. The maximum atomic E-state index is 9.83. The lowest BCUT2D eigenvalue weighted by Gasteiger charge is -2.40. The topological polar surface area (TPSA) is 38.7 Å². The molecule has 0 aromatic carbocycles. The van der Waals surface area contributed by atoms with Crippen molar-refractivity contribution < 1.29 is 14.3 Å². The zero-order valence-corrected chi connectivity index (χ0v) is 13.6. The van der Waals surface area contributed by atoms with Crippen LogP contribution in [-0.4, -0.2) is 32.4 Å². The van der Waals surface area contributed by atoms with Crippen molar-refractivity contribution >= 4 is 8.32 Å². The molecule has 0 bridgehead atoms. The molecule has 0 spiro atoms. The Labute approximate surface area is 112 Å². The van der Waals surface area contributed by atoms with Crippen LogP contribution in [0.1, 0.15) is 34.1 Å². The Bertz CT molecular complexity index is 311. The van der Waals surface area contributed by atoms with Crippen molar-refractivity contribution in [3.05, 3.63) is 0 Å². The molecule has 2 aliphatic rings. The number of aliphatic hydroxyl groups excluding tert-OH is 1. The van der Waals surface area contributed by atoms with Crippen LogP contribution in [0, 0.1) is 17.8 Å². The highest BCUT2D eigenvalue weighted by atomic mass is 28.4. The normalized spacial score (nSPS) is 41.2. The monoisotopic (exact) mass is 272 g/mol. The lowest BCUT2D eigenvalue weighted by atomic mass is 9.98. The van der Waals surface area contributed by atoms with Crippen LogP contribution in [0.4, 0.5) is 0 Å². The molecular weight excluding hydrogens is 244 g/mol. The van der Waals surface area contributed by atoms with Gasteiger partial charge in [0.1, 0.15) is 0 Å². The van der Waals surface area contributed by atoms with Crippen molar-refractivity contribution in [1.82, 2.24) is 0 Å². The molecule has 1 saturated carbocycles. The molecule has 18 heavy (non-hydrogen) atoms. The van der Waals surface area contributed by atoms with Gasteiger partial charge in [0.05, 0.1) is 12.7 Å². The molecule has 0 aromatic heterocycles. The SMILES string of the molecule is C[C@H]1C[C@H]2[C@H](O)OC[C@H]2C1O[Si](C)(C)C(C)(C)C. The van der Waals surface area contributed by atoms with Crippen molar-refractivity contribution in [3.63, 3.8) is 0 Å². The van der Waals surface area contributed by atoms with Crippen LogP contribution in [0.25, 0.3) is 0 Å². The lowest BCUT2D eigenvalue weighted by Crippen LogP contribution is -2.46. The van der Waals surface area contributed by atoms with Gasteiger partial charge in [0.15, 0.2) is 14.6 Å². The van der Waals surface area contributed by atoms with Crippen LogP contribution in [0.5, 0.6) is 0 Å². The van der Waals surface area contributed by atoms with Crippen molar-refractivity contribution in [3.8, 4) is 0 Å². The van der Waals surface area contributed by atoms with Gasteiger partial charge >= 0.3 is 0 Å². The average molecular weight is 272 g/mol. The van der Waals surface area contributed by atoms with Crippen molar-refractivity contribution in [2.75, 3.05) is 6.61 Å². The second-order valence-electron chi connectivity index (χ2n) is 7.61. The Morgan fingerprint density at radius 3 is 2.39 bits per heavy atom. The maximum absolute atomic E-state index is 9.83. The summed E-state index contributed by atoms with van der Waals surface area (Å²) in [4.78, 5) is 0. The third-order valence-corrected chi connectivity index (χ3v) is 9.71. The Morgan fingerprint density at radius 1 is 1.22 bits per heavy atom. The number of ether oxygens (including phenoxy) is 1. The van der Waals surface area contributed by atoms with Gasteiger partial charge in [-0.2, -0.15) is 0 Å². The first-order valence-corrected chi connectivity index (χ1v) is 10.0. The van der Waals surface area contributed by atoms with Gasteiger partial charge in [-0.15, -0.1) is 0 Å². The Morgan fingerprint density at radius 2 is 1.83 bits per heavy atom. The smallest absolute Gasteiger partial charge is 0.192 e. The first-order chi connectivity index (χ1) is 8.13. The first-order valence-electron chi connectivity index (χ1n) is 7.11. The second kappa shape index (κ2) is 4.58. The fraction of sp³-hybridized carbons (Fsp3) is 1.00. The van der Waals surface area contributed by atoms with E-state index in [1.807, 2.05) is 0 Å². The van der Waals surface area contributed by atoms with E-state index in [9.17, 15) is 5.11 Å². The number of hydrogen-bond donors (Lipinski definition) is 1. The fourth-order valence-corrected chi connectivity index (χ4v) is 4.45. The predicted octanol–water partition coefficient (Wildman–Crippen LogP) is 3.00. The van der Waals surface area contributed by atoms with E-state index < -0.39 is 14.6 Å². The zero-order chi connectivity index (χ0) is 13.7. The molecule has 1 N–H and O–H groups in total. The van der Waals surface area contributed by atoms with Crippen LogP contribution in [0.15, 0.2) is 0 Å². The molecule has 3 nitrogen and oxygen atoms in total. The standard InChI is InChI=1S/C14H28O3Si/c1-9-7-10-11(8-16-13(10)15)12(9)17-18(5,6)14(2,3)4/h9-13,15H,7-8H2,1-6H3/t9-,10+,11+,12?,13+/m0/s1. The average Bonchev–Trinajstić information content (AvgIpc) is 2.69. The molecule has 1 aliphatic carbocycles. The molecule has 1 unspecified atom stereocenters. The van der Waals surface area contributed by atoms with E-state index in [0.29, 0.717) is 18.4 Å². The number of fused-ring (bicyclic) bond motifs is 1. The van der Waals surface area contributed by atoms with Crippen LogP contribution in [0.3, 0.4) is 0 Å². The summed E-state index contributed by atoms with van der Waals surface area (Å²) in [7, 11) is -1.73. The molecule has 1 heterocycles. The Hall–Kier alpha value is 0.0969. The minimum Gasteiger partial charge on any atom is -0.413 e. The molecule has 0 amide bonds. The van der Waals surface area contributed by atoms with E-state index in [1.165, 1.54) is 0 Å². The van der Waals surface area contributed by atoms with E-state index in [4.69, 9.17) is 9.16 Å². The molecule has 2 fully saturated rings. The van der Waals surface area contributed by atoms with E-state index >= 15 is 0 Å². The summed E-state index contributed by atoms with van der Waals surface area (Å²) in [6.45, 7) is 14.3. The summed E-state index contributed by atoms with van der Waals surface area (Å²) in [6, 6.07) is 0. The fourth-order valence-electron chi connectivity index (χ4n) is 3.00. The van der Waals surface area contributed by atoms with Gasteiger partial charge < -0.3 is 14.3 Å². The van der Waals surface area contributed by atoms with Crippen LogP contribution < -0.4 is 0 Å². The van der Waals surface area contributed by atoms with Gasteiger partial charge in [-0.05, 0) is 30.5 Å². The molecule has 2 rings (SSSR count). The van der Waals surface area contributed by atoms with E-state index in [1.54, 1.807) is 0 Å². The van der Waals surface area contributed by atoms with Crippen molar-refractivity contribution in [1.29, 1.82) is 0 Å². The maximum Gasteiger partial charge on any atom is 0.192 e. The first kappa shape index (κ1) is 14.5. The van der Waals surface area contributed by atoms with Gasteiger partial charge in [-0.25, -0.2) is 0 Å². The van der Waals surface area contributed by atoms with Crippen molar-refractivity contribution in [2.24, 2.45) is 17.8 Å². The summed E-state index contributed by atoms with van der Waals surface area (Å²) in [5.74, 6) is 1.21. The zero-order valence-electron chi connectivity index (χ0n) is 12.6. The third kappa shape index (κ3) is 2.40. The van der Waals surface area contributed by atoms with Crippen LogP contribution in [-0.2, 0) is 9.16 Å². The molecule has 5 atom stereocenters. The van der Waals surface area contributed by atoms with Crippen LogP contribution in [0.2, 0.25) is 18.1 Å². The molecule has 1 aliphatic heterocycles. The number of rotatable bonds is 2. The highest BCUT2D eigenvalue weighted by Crippen LogP contribution is 2.48. The number of aliphatic hydroxyl groups is 1. The van der Waals surface area contributed by atoms with E-state index in [2.05, 4.69) is 40.8 Å². The summed E-state index contributed by atoms with van der Waals surface area (Å²) in [6.07, 6.45) is 0.740.